The molecule has 1 saturated heterocycles. The molecule has 0 spiro atoms. The molecule has 8 heteroatoms. The van der Waals surface area contributed by atoms with Crippen LogP contribution in [0.4, 0.5) is 0 Å². The smallest absolute Gasteiger partial charge is 0.237 e. The topological polar surface area (TPSA) is 73.8 Å². The number of hydrogen-bond donors (Lipinski definition) is 0. The molecule has 0 radical (unpaired) electrons. The average Bonchev–Trinajstić information content (AvgIpc) is 3.14. The van der Waals surface area contributed by atoms with Crippen LogP contribution < -0.4 is 14.2 Å². The van der Waals surface area contributed by atoms with Gasteiger partial charge in [0.1, 0.15) is 22.6 Å². The maximum absolute atomic E-state index is 12.7. The van der Waals surface area contributed by atoms with Gasteiger partial charge in [0, 0.05) is 18.9 Å². The van der Waals surface area contributed by atoms with Crippen LogP contribution in [0.1, 0.15) is 16.5 Å². The largest absolute Gasteiger partial charge is 0.496 e. The second-order valence-corrected chi connectivity index (χ2v) is 7.62. The monoisotopic (exact) mass is 423 g/mol. The Bertz CT molecular complexity index is 992. The molecule has 30 heavy (non-hydrogen) atoms. The number of ether oxygens (including phenoxy) is 3. The van der Waals surface area contributed by atoms with Gasteiger partial charge < -0.3 is 19.1 Å². The highest BCUT2D eigenvalue weighted by Gasteiger charge is 2.36. The molecule has 0 N–H and O–H groups in total. The van der Waals surface area contributed by atoms with Crippen LogP contribution in [-0.4, -0.2) is 40.7 Å². The third-order valence-electron chi connectivity index (χ3n) is 4.72. The summed E-state index contributed by atoms with van der Waals surface area (Å²) in [5.41, 5.74) is 1.87. The van der Waals surface area contributed by atoms with Crippen molar-refractivity contribution in [2.24, 2.45) is 0 Å². The van der Waals surface area contributed by atoms with Crippen molar-refractivity contribution in [2.45, 2.75) is 11.9 Å². The van der Waals surface area contributed by atoms with Gasteiger partial charge in [0.15, 0.2) is 0 Å². The van der Waals surface area contributed by atoms with Crippen LogP contribution in [-0.2, 0) is 11.3 Å². The SMILES string of the molecule is COc1cccc(OC)c1C1SCC(=O)N1Cc1ccc(Oc2cnccn2)cc1. The van der Waals surface area contributed by atoms with E-state index in [0.29, 0.717) is 35.4 Å². The van der Waals surface area contributed by atoms with Gasteiger partial charge in [-0.3, -0.25) is 9.78 Å². The molecule has 1 amide bonds. The molecule has 7 nitrogen and oxygen atoms in total. The number of aromatic nitrogens is 2. The first-order chi connectivity index (χ1) is 14.7. The lowest BCUT2D eigenvalue weighted by Crippen LogP contribution is -2.28. The molecule has 1 aromatic heterocycles. The standard InChI is InChI=1S/C22H21N3O4S/c1-27-17-4-3-5-18(28-2)21(17)22-25(20(26)14-30-22)13-15-6-8-16(9-7-15)29-19-12-23-10-11-24-19/h3-12,22H,13-14H2,1-2H3. The Hall–Kier alpha value is -3.26. The fourth-order valence-corrected chi connectivity index (χ4v) is 4.54. The van der Waals surface area contributed by atoms with Gasteiger partial charge >= 0.3 is 0 Å². The highest BCUT2D eigenvalue weighted by molar-refractivity contribution is 8.00. The fraction of sp³-hybridized carbons (Fsp3) is 0.227. The Labute approximate surface area is 179 Å². The van der Waals surface area contributed by atoms with Gasteiger partial charge in [0.05, 0.1) is 31.7 Å². The van der Waals surface area contributed by atoms with E-state index in [4.69, 9.17) is 14.2 Å². The average molecular weight is 423 g/mol. The van der Waals surface area contributed by atoms with Crippen molar-refractivity contribution < 1.29 is 19.0 Å². The molecule has 2 heterocycles. The zero-order valence-electron chi connectivity index (χ0n) is 16.6. The molecule has 1 unspecified atom stereocenters. The lowest BCUT2D eigenvalue weighted by molar-refractivity contribution is -0.128. The third kappa shape index (κ3) is 4.18. The number of methoxy groups -OCH3 is 2. The highest BCUT2D eigenvalue weighted by Crippen LogP contribution is 2.47. The number of benzene rings is 2. The summed E-state index contributed by atoms with van der Waals surface area (Å²) >= 11 is 1.57. The molecular weight excluding hydrogens is 402 g/mol. The molecule has 1 aliphatic rings. The van der Waals surface area contributed by atoms with Crippen molar-refractivity contribution in [3.05, 3.63) is 72.2 Å². The molecule has 0 saturated carbocycles. The van der Waals surface area contributed by atoms with Gasteiger partial charge in [0.2, 0.25) is 11.8 Å². The van der Waals surface area contributed by atoms with Gasteiger partial charge in [-0.2, -0.15) is 0 Å². The lowest BCUT2D eigenvalue weighted by Gasteiger charge is -2.27. The number of hydrogen-bond acceptors (Lipinski definition) is 7. The second kappa shape index (κ2) is 9.04. The Kier molecular flexibility index (Phi) is 6.04. The van der Waals surface area contributed by atoms with Gasteiger partial charge in [-0.15, -0.1) is 11.8 Å². The van der Waals surface area contributed by atoms with Crippen LogP contribution in [0.15, 0.2) is 61.1 Å². The van der Waals surface area contributed by atoms with Crippen LogP contribution in [0.3, 0.4) is 0 Å². The molecule has 154 valence electrons. The summed E-state index contributed by atoms with van der Waals surface area (Å²) in [5.74, 6) is 3.00. The summed E-state index contributed by atoms with van der Waals surface area (Å²) in [5, 5.41) is -0.181. The number of carbonyl (C=O) groups is 1. The number of rotatable bonds is 7. The summed E-state index contributed by atoms with van der Waals surface area (Å²) in [6, 6.07) is 13.3. The van der Waals surface area contributed by atoms with E-state index in [9.17, 15) is 4.79 Å². The summed E-state index contributed by atoms with van der Waals surface area (Å²) in [4.78, 5) is 22.6. The van der Waals surface area contributed by atoms with Gasteiger partial charge in [-0.1, -0.05) is 18.2 Å². The number of carbonyl (C=O) groups excluding carboxylic acids is 1. The van der Waals surface area contributed by atoms with Crippen LogP contribution >= 0.6 is 11.8 Å². The van der Waals surface area contributed by atoms with Crippen molar-refractivity contribution in [3.63, 3.8) is 0 Å². The van der Waals surface area contributed by atoms with Crippen molar-refractivity contribution in [2.75, 3.05) is 20.0 Å². The molecule has 0 bridgehead atoms. The van der Waals surface area contributed by atoms with E-state index >= 15 is 0 Å². The van der Waals surface area contributed by atoms with Crippen LogP contribution in [0.5, 0.6) is 23.1 Å². The van der Waals surface area contributed by atoms with Gasteiger partial charge in [-0.05, 0) is 29.8 Å². The number of nitrogens with zero attached hydrogens (tertiary/aromatic N) is 3. The zero-order valence-corrected chi connectivity index (χ0v) is 17.5. The first-order valence-corrected chi connectivity index (χ1v) is 10.4. The predicted molar refractivity (Wildman–Crippen MR) is 114 cm³/mol. The molecule has 1 fully saturated rings. The molecule has 1 atom stereocenters. The zero-order chi connectivity index (χ0) is 20.9. The minimum absolute atomic E-state index is 0.0813. The van der Waals surface area contributed by atoms with Gasteiger partial charge in [0.25, 0.3) is 0 Å². The van der Waals surface area contributed by atoms with E-state index in [1.165, 1.54) is 0 Å². The number of thioether (sulfide) groups is 1. The Morgan fingerprint density at radius 3 is 2.43 bits per heavy atom. The van der Waals surface area contributed by atoms with Crippen molar-refractivity contribution >= 4 is 17.7 Å². The molecular formula is C22H21N3O4S. The van der Waals surface area contributed by atoms with Crippen molar-refractivity contribution in [1.82, 2.24) is 14.9 Å². The van der Waals surface area contributed by atoms with E-state index in [-0.39, 0.29) is 11.3 Å². The van der Waals surface area contributed by atoms with E-state index in [0.717, 1.165) is 11.1 Å². The third-order valence-corrected chi connectivity index (χ3v) is 5.94. The number of amides is 1. The first-order valence-electron chi connectivity index (χ1n) is 9.34. The Morgan fingerprint density at radius 1 is 1.07 bits per heavy atom. The minimum Gasteiger partial charge on any atom is -0.496 e. The lowest BCUT2D eigenvalue weighted by atomic mass is 10.1. The normalized spacial score (nSPS) is 15.9. The van der Waals surface area contributed by atoms with E-state index in [1.54, 1.807) is 44.6 Å². The predicted octanol–water partition coefficient (Wildman–Crippen LogP) is 4.06. The molecule has 3 aromatic rings. The van der Waals surface area contributed by atoms with Crippen LogP contribution in [0.25, 0.3) is 0 Å². The van der Waals surface area contributed by atoms with E-state index in [1.807, 2.05) is 47.4 Å². The quantitative estimate of drug-likeness (QED) is 0.567. The Balaban J connectivity index is 1.54. The van der Waals surface area contributed by atoms with E-state index < -0.39 is 0 Å². The van der Waals surface area contributed by atoms with E-state index in [2.05, 4.69) is 9.97 Å². The summed E-state index contributed by atoms with van der Waals surface area (Å²) in [6.45, 7) is 0.475. The summed E-state index contributed by atoms with van der Waals surface area (Å²) in [6.07, 6.45) is 4.72. The highest BCUT2D eigenvalue weighted by atomic mass is 32.2. The maximum atomic E-state index is 12.7. The fourth-order valence-electron chi connectivity index (χ4n) is 3.31. The van der Waals surface area contributed by atoms with Crippen molar-refractivity contribution in [1.29, 1.82) is 0 Å². The van der Waals surface area contributed by atoms with Gasteiger partial charge in [-0.25, -0.2) is 4.98 Å². The molecule has 2 aromatic carbocycles. The molecule has 1 aliphatic heterocycles. The Morgan fingerprint density at radius 2 is 1.80 bits per heavy atom. The molecule has 0 aliphatic carbocycles. The van der Waals surface area contributed by atoms with Crippen molar-refractivity contribution in [3.8, 4) is 23.1 Å². The minimum atomic E-state index is -0.181. The maximum Gasteiger partial charge on any atom is 0.237 e. The summed E-state index contributed by atoms with van der Waals surface area (Å²) in [7, 11) is 3.25. The first kappa shape index (κ1) is 20.0. The summed E-state index contributed by atoms with van der Waals surface area (Å²) < 4.78 is 16.8. The second-order valence-electron chi connectivity index (χ2n) is 6.55. The van der Waals surface area contributed by atoms with Crippen LogP contribution in [0, 0.1) is 0 Å². The van der Waals surface area contributed by atoms with Crippen LogP contribution in [0.2, 0.25) is 0 Å². The molecule has 4 rings (SSSR count).